The molecule has 8 heteroatoms. The molecule has 1 unspecified atom stereocenters. The molecule has 7 nitrogen and oxygen atoms in total. The molecule has 0 aliphatic carbocycles. The number of hydrogen-bond donors (Lipinski definition) is 3. The molecule has 1 aromatic heterocycles. The molecule has 1 aliphatic heterocycles. The van der Waals surface area contributed by atoms with E-state index in [9.17, 15) is 9.59 Å². The topological polar surface area (TPSA) is 101 Å². The number of nitrogens with one attached hydrogen (secondary N) is 2. The number of amides is 2. The molecule has 1 fully saturated rings. The SMILES string of the molecule is CC1(NC(=O)NCc2nc(C(=O)O)cs2)CCOC1. The fourth-order valence-electron chi connectivity index (χ4n) is 1.73. The van der Waals surface area contributed by atoms with Gasteiger partial charge in [0.05, 0.1) is 18.7 Å². The van der Waals surface area contributed by atoms with Crippen molar-refractivity contribution in [1.82, 2.24) is 15.6 Å². The second-order valence-electron chi connectivity index (χ2n) is 4.60. The molecular weight excluding hydrogens is 270 g/mol. The highest BCUT2D eigenvalue weighted by atomic mass is 32.1. The van der Waals surface area contributed by atoms with Crippen LogP contribution in [0.1, 0.15) is 28.8 Å². The van der Waals surface area contributed by atoms with Crippen LogP contribution in [-0.4, -0.2) is 40.8 Å². The number of thiazole rings is 1. The third-order valence-electron chi connectivity index (χ3n) is 2.81. The summed E-state index contributed by atoms with van der Waals surface area (Å²) in [6.45, 7) is 3.28. The summed E-state index contributed by atoms with van der Waals surface area (Å²) in [7, 11) is 0. The Kier molecular flexibility index (Phi) is 4.01. The second-order valence-corrected chi connectivity index (χ2v) is 5.55. The van der Waals surface area contributed by atoms with Gasteiger partial charge in [-0.3, -0.25) is 0 Å². The normalized spacial score (nSPS) is 22.2. The molecule has 0 bridgehead atoms. The van der Waals surface area contributed by atoms with Crippen LogP contribution < -0.4 is 10.6 Å². The number of aromatic nitrogens is 1. The maximum atomic E-state index is 11.7. The first-order valence-electron chi connectivity index (χ1n) is 5.80. The molecule has 0 aromatic carbocycles. The van der Waals surface area contributed by atoms with Crippen LogP contribution in [0.5, 0.6) is 0 Å². The van der Waals surface area contributed by atoms with Crippen LogP contribution in [0, 0.1) is 0 Å². The van der Waals surface area contributed by atoms with Crippen LogP contribution in [0.25, 0.3) is 0 Å². The Morgan fingerprint density at radius 3 is 3.00 bits per heavy atom. The molecule has 0 radical (unpaired) electrons. The van der Waals surface area contributed by atoms with Gasteiger partial charge in [-0.15, -0.1) is 11.3 Å². The third-order valence-corrected chi connectivity index (χ3v) is 3.65. The summed E-state index contributed by atoms with van der Waals surface area (Å²) in [6.07, 6.45) is 0.779. The number of rotatable bonds is 4. The standard InChI is InChI=1S/C11H15N3O4S/c1-11(2-3-18-6-11)14-10(17)12-4-8-13-7(5-19-8)9(15)16/h5H,2-4,6H2,1H3,(H,15,16)(H2,12,14,17). The second kappa shape index (κ2) is 5.54. The van der Waals surface area contributed by atoms with Gasteiger partial charge in [-0.2, -0.15) is 0 Å². The van der Waals surface area contributed by atoms with Gasteiger partial charge in [-0.25, -0.2) is 14.6 Å². The minimum atomic E-state index is -1.07. The number of nitrogens with zero attached hydrogens (tertiary/aromatic N) is 1. The van der Waals surface area contributed by atoms with E-state index in [0.717, 1.165) is 6.42 Å². The van der Waals surface area contributed by atoms with Crippen molar-refractivity contribution in [2.45, 2.75) is 25.4 Å². The average Bonchev–Trinajstić information content (AvgIpc) is 2.95. The van der Waals surface area contributed by atoms with Crippen molar-refractivity contribution >= 4 is 23.3 Å². The van der Waals surface area contributed by atoms with Gasteiger partial charge in [0.15, 0.2) is 5.69 Å². The van der Waals surface area contributed by atoms with Crippen LogP contribution in [0.2, 0.25) is 0 Å². The summed E-state index contributed by atoms with van der Waals surface area (Å²) >= 11 is 1.20. The van der Waals surface area contributed by atoms with Gasteiger partial charge in [-0.05, 0) is 13.3 Å². The summed E-state index contributed by atoms with van der Waals surface area (Å²) in [4.78, 5) is 26.2. The van der Waals surface area contributed by atoms with Gasteiger partial charge < -0.3 is 20.5 Å². The highest BCUT2D eigenvalue weighted by Gasteiger charge is 2.31. The van der Waals surface area contributed by atoms with Crippen molar-refractivity contribution in [3.63, 3.8) is 0 Å². The van der Waals surface area contributed by atoms with Crippen LogP contribution in [0.4, 0.5) is 4.79 Å². The monoisotopic (exact) mass is 285 g/mol. The molecule has 19 heavy (non-hydrogen) atoms. The molecule has 104 valence electrons. The predicted molar refractivity (Wildman–Crippen MR) is 68.3 cm³/mol. The van der Waals surface area contributed by atoms with E-state index >= 15 is 0 Å². The number of aromatic carboxylic acids is 1. The first kappa shape index (κ1) is 13.8. The quantitative estimate of drug-likeness (QED) is 0.760. The van der Waals surface area contributed by atoms with E-state index in [0.29, 0.717) is 18.2 Å². The Bertz CT molecular complexity index is 482. The van der Waals surface area contributed by atoms with Crippen molar-refractivity contribution in [2.24, 2.45) is 0 Å². The lowest BCUT2D eigenvalue weighted by molar-refractivity contribution is 0.0691. The van der Waals surface area contributed by atoms with E-state index in [-0.39, 0.29) is 23.8 Å². The number of carboxylic acid groups (broad SMARTS) is 1. The first-order valence-corrected chi connectivity index (χ1v) is 6.68. The highest BCUT2D eigenvalue weighted by molar-refractivity contribution is 7.09. The van der Waals surface area contributed by atoms with Gasteiger partial charge in [0.25, 0.3) is 0 Å². The molecule has 0 spiro atoms. The van der Waals surface area contributed by atoms with Gasteiger partial charge in [0, 0.05) is 12.0 Å². The molecule has 3 N–H and O–H groups in total. The van der Waals surface area contributed by atoms with Crippen molar-refractivity contribution in [3.05, 3.63) is 16.1 Å². The summed E-state index contributed by atoms with van der Waals surface area (Å²) in [5, 5.41) is 16.2. The van der Waals surface area contributed by atoms with Gasteiger partial charge in [-0.1, -0.05) is 0 Å². The minimum absolute atomic E-state index is 0.00152. The molecule has 2 heterocycles. The van der Waals surface area contributed by atoms with Gasteiger partial charge in [0.1, 0.15) is 5.01 Å². The number of carboxylic acids is 1. The molecule has 0 saturated carbocycles. The molecule has 2 rings (SSSR count). The predicted octanol–water partition coefficient (Wildman–Crippen LogP) is 0.820. The summed E-state index contributed by atoms with van der Waals surface area (Å²) in [5.41, 5.74) is -0.336. The summed E-state index contributed by atoms with van der Waals surface area (Å²) < 4.78 is 5.24. The Morgan fingerprint density at radius 2 is 2.42 bits per heavy atom. The van der Waals surface area contributed by atoms with Crippen LogP contribution in [-0.2, 0) is 11.3 Å². The molecule has 1 aliphatic rings. The number of carbonyl (C=O) groups is 2. The van der Waals surface area contributed by atoms with Crippen LogP contribution in [0.3, 0.4) is 0 Å². The minimum Gasteiger partial charge on any atom is -0.476 e. The third kappa shape index (κ3) is 3.65. The molecule has 1 atom stereocenters. The molecular formula is C11H15N3O4S. The lowest BCUT2D eigenvalue weighted by Gasteiger charge is -2.23. The van der Waals surface area contributed by atoms with Crippen molar-refractivity contribution in [3.8, 4) is 0 Å². The zero-order valence-corrected chi connectivity index (χ0v) is 11.2. The van der Waals surface area contributed by atoms with E-state index < -0.39 is 5.97 Å². The van der Waals surface area contributed by atoms with Gasteiger partial charge >= 0.3 is 12.0 Å². The zero-order valence-electron chi connectivity index (χ0n) is 10.4. The Labute approximate surface area is 114 Å². The maximum absolute atomic E-state index is 11.7. The lowest BCUT2D eigenvalue weighted by atomic mass is 10.0. The van der Waals surface area contributed by atoms with E-state index in [2.05, 4.69) is 15.6 Å². The Balaban J connectivity index is 1.81. The Morgan fingerprint density at radius 1 is 1.63 bits per heavy atom. The van der Waals surface area contributed by atoms with Crippen molar-refractivity contribution < 1.29 is 19.4 Å². The fourth-order valence-corrected chi connectivity index (χ4v) is 2.44. The van der Waals surface area contributed by atoms with E-state index in [1.54, 1.807) is 0 Å². The van der Waals surface area contributed by atoms with Crippen LogP contribution >= 0.6 is 11.3 Å². The smallest absolute Gasteiger partial charge is 0.355 e. The fraction of sp³-hybridized carbons (Fsp3) is 0.545. The van der Waals surface area contributed by atoms with Crippen molar-refractivity contribution in [1.29, 1.82) is 0 Å². The largest absolute Gasteiger partial charge is 0.476 e. The van der Waals surface area contributed by atoms with E-state index in [1.807, 2.05) is 6.92 Å². The van der Waals surface area contributed by atoms with Gasteiger partial charge in [0.2, 0.25) is 0 Å². The molecule has 2 amide bonds. The lowest BCUT2D eigenvalue weighted by Crippen LogP contribution is -2.50. The average molecular weight is 285 g/mol. The summed E-state index contributed by atoms with van der Waals surface area (Å²) in [6, 6.07) is -0.305. The van der Waals surface area contributed by atoms with E-state index in [1.165, 1.54) is 16.7 Å². The highest BCUT2D eigenvalue weighted by Crippen LogP contribution is 2.17. The first-order chi connectivity index (χ1) is 8.98. The van der Waals surface area contributed by atoms with Crippen molar-refractivity contribution in [2.75, 3.05) is 13.2 Å². The molecule has 1 aromatic rings. The number of urea groups is 1. The van der Waals surface area contributed by atoms with E-state index in [4.69, 9.17) is 9.84 Å². The van der Waals surface area contributed by atoms with Crippen LogP contribution in [0.15, 0.2) is 5.38 Å². The maximum Gasteiger partial charge on any atom is 0.355 e. The number of ether oxygens (including phenoxy) is 1. The zero-order chi connectivity index (χ0) is 13.9. The number of carbonyl (C=O) groups excluding carboxylic acids is 1. The molecule has 1 saturated heterocycles. The Hall–Kier alpha value is -1.67. The number of hydrogen-bond acceptors (Lipinski definition) is 5. The summed E-state index contributed by atoms with van der Waals surface area (Å²) in [5.74, 6) is -1.07.